The van der Waals surface area contributed by atoms with Crippen LogP contribution in [-0.4, -0.2) is 15.8 Å². The second-order valence-electron chi connectivity index (χ2n) is 4.26. The van der Waals surface area contributed by atoms with E-state index in [1.807, 2.05) is 0 Å². The van der Waals surface area contributed by atoms with Crippen molar-refractivity contribution >= 4 is 40.0 Å². The van der Waals surface area contributed by atoms with E-state index in [-0.39, 0.29) is 16.4 Å². The largest absolute Gasteiger partial charge is 0.463 e. The molecule has 0 spiro atoms. The molecule has 2 aromatic heterocycles. The first-order chi connectivity index (χ1) is 10.0. The maximum Gasteiger partial charge on any atom is 0.289 e. The molecule has 0 radical (unpaired) electrons. The highest BCUT2D eigenvalue weighted by atomic mass is 35.5. The van der Waals surface area contributed by atoms with Gasteiger partial charge in [-0.1, -0.05) is 11.6 Å². The zero-order valence-corrected chi connectivity index (χ0v) is 11.2. The number of nitrogens with one attached hydrogen (secondary N) is 2. The van der Waals surface area contributed by atoms with Crippen LogP contribution in [0.2, 0.25) is 5.02 Å². The fourth-order valence-corrected chi connectivity index (χ4v) is 2.09. The standard InChI is InChI=1S/C13H8ClN3O4/c14-8-2-1-7(5-11(8)17(19)20)15-13(18)10-6-12-9(16-10)3-4-21-12/h1-6,16H,(H,15,18). The Morgan fingerprint density at radius 2 is 2.14 bits per heavy atom. The number of carbonyl (C=O) groups is 1. The van der Waals surface area contributed by atoms with Crippen LogP contribution in [0, 0.1) is 10.1 Å². The molecule has 3 aromatic rings. The van der Waals surface area contributed by atoms with Crippen molar-refractivity contribution in [3.63, 3.8) is 0 Å². The van der Waals surface area contributed by atoms with Crippen molar-refractivity contribution in [3.8, 4) is 0 Å². The summed E-state index contributed by atoms with van der Waals surface area (Å²) < 4.78 is 5.15. The van der Waals surface area contributed by atoms with E-state index < -0.39 is 10.8 Å². The van der Waals surface area contributed by atoms with Crippen molar-refractivity contribution < 1.29 is 14.1 Å². The second kappa shape index (κ2) is 4.95. The predicted molar refractivity (Wildman–Crippen MR) is 76.6 cm³/mol. The minimum absolute atomic E-state index is 0.00962. The monoisotopic (exact) mass is 305 g/mol. The minimum Gasteiger partial charge on any atom is -0.463 e. The van der Waals surface area contributed by atoms with Crippen LogP contribution >= 0.6 is 11.6 Å². The van der Waals surface area contributed by atoms with E-state index in [1.165, 1.54) is 24.5 Å². The van der Waals surface area contributed by atoms with Gasteiger partial charge in [0, 0.05) is 23.9 Å². The van der Waals surface area contributed by atoms with Gasteiger partial charge in [-0.05, 0) is 12.1 Å². The third-order valence-corrected chi connectivity index (χ3v) is 3.20. The molecule has 0 unspecified atom stereocenters. The molecule has 106 valence electrons. The van der Waals surface area contributed by atoms with Gasteiger partial charge in [-0.15, -0.1) is 0 Å². The van der Waals surface area contributed by atoms with Crippen molar-refractivity contribution in [1.82, 2.24) is 4.98 Å². The van der Waals surface area contributed by atoms with Gasteiger partial charge < -0.3 is 14.7 Å². The summed E-state index contributed by atoms with van der Waals surface area (Å²) in [4.78, 5) is 25.1. The number of furan rings is 1. The van der Waals surface area contributed by atoms with Crippen LogP contribution in [0.3, 0.4) is 0 Å². The van der Waals surface area contributed by atoms with Crippen LogP contribution in [0.4, 0.5) is 11.4 Å². The van der Waals surface area contributed by atoms with Gasteiger partial charge >= 0.3 is 0 Å². The van der Waals surface area contributed by atoms with Crippen LogP contribution in [0.5, 0.6) is 0 Å². The smallest absolute Gasteiger partial charge is 0.289 e. The van der Waals surface area contributed by atoms with Crippen molar-refractivity contribution in [1.29, 1.82) is 0 Å². The molecular weight excluding hydrogens is 298 g/mol. The number of H-pyrrole nitrogens is 1. The molecule has 0 fully saturated rings. The summed E-state index contributed by atoms with van der Waals surface area (Å²) >= 11 is 5.71. The summed E-state index contributed by atoms with van der Waals surface area (Å²) in [6.07, 6.45) is 1.51. The van der Waals surface area contributed by atoms with E-state index in [0.717, 1.165) is 0 Å². The van der Waals surface area contributed by atoms with Gasteiger partial charge in [0.15, 0.2) is 5.58 Å². The van der Waals surface area contributed by atoms with Crippen molar-refractivity contribution in [2.45, 2.75) is 0 Å². The third kappa shape index (κ3) is 2.46. The number of aromatic amines is 1. The average Bonchev–Trinajstić information content (AvgIpc) is 3.01. The zero-order chi connectivity index (χ0) is 15.0. The van der Waals surface area contributed by atoms with E-state index in [2.05, 4.69) is 10.3 Å². The number of anilines is 1. The number of carbonyl (C=O) groups excluding carboxylic acids is 1. The van der Waals surface area contributed by atoms with Gasteiger partial charge in [0.05, 0.1) is 16.7 Å². The molecule has 2 N–H and O–H groups in total. The molecule has 8 heteroatoms. The lowest BCUT2D eigenvalue weighted by Crippen LogP contribution is -2.12. The number of nitro benzene ring substituents is 1. The van der Waals surface area contributed by atoms with Gasteiger partial charge in [0.25, 0.3) is 11.6 Å². The SMILES string of the molecule is O=C(Nc1ccc(Cl)c([N+](=O)[O-])c1)c1cc2occc2[nH]1. The molecule has 2 heterocycles. The number of fused-ring (bicyclic) bond motifs is 1. The Balaban J connectivity index is 1.86. The Kier molecular flexibility index (Phi) is 3.11. The summed E-state index contributed by atoms with van der Waals surface area (Å²) in [7, 11) is 0. The number of amides is 1. The molecular formula is C13H8ClN3O4. The fourth-order valence-electron chi connectivity index (χ4n) is 1.90. The molecule has 0 atom stereocenters. The highest BCUT2D eigenvalue weighted by molar-refractivity contribution is 6.32. The fraction of sp³-hybridized carbons (Fsp3) is 0. The van der Waals surface area contributed by atoms with Gasteiger partial charge in [-0.25, -0.2) is 0 Å². The van der Waals surface area contributed by atoms with E-state index >= 15 is 0 Å². The molecule has 21 heavy (non-hydrogen) atoms. The molecule has 0 aliphatic rings. The number of hydrogen-bond acceptors (Lipinski definition) is 4. The molecule has 0 bridgehead atoms. The molecule has 0 saturated heterocycles. The predicted octanol–water partition coefficient (Wildman–Crippen LogP) is 3.57. The summed E-state index contributed by atoms with van der Waals surface area (Å²) in [6, 6.07) is 7.29. The molecule has 1 aromatic carbocycles. The zero-order valence-electron chi connectivity index (χ0n) is 10.4. The summed E-state index contributed by atoms with van der Waals surface area (Å²) in [5.41, 5.74) is 1.56. The van der Waals surface area contributed by atoms with E-state index in [0.29, 0.717) is 16.8 Å². The molecule has 0 saturated carbocycles. The molecule has 0 aliphatic heterocycles. The first-order valence-electron chi connectivity index (χ1n) is 5.86. The number of nitrogens with zero attached hydrogens (tertiary/aromatic N) is 1. The first-order valence-corrected chi connectivity index (χ1v) is 6.24. The van der Waals surface area contributed by atoms with Gasteiger partial charge in [0.1, 0.15) is 10.7 Å². The first kappa shape index (κ1) is 13.2. The quantitative estimate of drug-likeness (QED) is 0.570. The number of benzene rings is 1. The summed E-state index contributed by atoms with van der Waals surface area (Å²) in [5, 5.41) is 13.4. The number of halogens is 1. The van der Waals surface area contributed by atoms with Crippen LogP contribution in [0.1, 0.15) is 10.5 Å². The number of aromatic nitrogens is 1. The summed E-state index contributed by atoms with van der Waals surface area (Å²) in [5.74, 6) is -0.432. The van der Waals surface area contributed by atoms with E-state index in [4.69, 9.17) is 16.0 Å². The van der Waals surface area contributed by atoms with Crippen molar-refractivity contribution in [2.24, 2.45) is 0 Å². The molecule has 1 amide bonds. The normalized spacial score (nSPS) is 10.7. The lowest BCUT2D eigenvalue weighted by molar-refractivity contribution is -0.384. The van der Waals surface area contributed by atoms with Crippen LogP contribution in [0.25, 0.3) is 11.1 Å². The third-order valence-electron chi connectivity index (χ3n) is 2.89. The lowest BCUT2D eigenvalue weighted by atomic mass is 10.2. The van der Waals surface area contributed by atoms with Crippen LogP contribution < -0.4 is 5.32 Å². The topological polar surface area (TPSA) is 101 Å². The minimum atomic E-state index is -0.611. The van der Waals surface area contributed by atoms with Crippen molar-refractivity contribution in [3.05, 3.63) is 57.4 Å². The van der Waals surface area contributed by atoms with Gasteiger partial charge in [0.2, 0.25) is 0 Å². The Morgan fingerprint density at radius 3 is 2.86 bits per heavy atom. The molecule has 3 rings (SSSR count). The van der Waals surface area contributed by atoms with Crippen LogP contribution in [-0.2, 0) is 0 Å². The van der Waals surface area contributed by atoms with Gasteiger partial charge in [-0.3, -0.25) is 14.9 Å². The Morgan fingerprint density at radius 1 is 1.33 bits per heavy atom. The number of hydrogen-bond donors (Lipinski definition) is 2. The maximum atomic E-state index is 12.1. The molecule has 0 aliphatic carbocycles. The van der Waals surface area contributed by atoms with Crippen molar-refractivity contribution in [2.75, 3.05) is 5.32 Å². The maximum absolute atomic E-state index is 12.1. The number of rotatable bonds is 3. The molecule has 7 nitrogen and oxygen atoms in total. The van der Waals surface area contributed by atoms with Crippen LogP contribution in [0.15, 0.2) is 41.0 Å². The number of nitro groups is 1. The highest BCUT2D eigenvalue weighted by Crippen LogP contribution is 2.27. The lowest BCUT2D eigenvalue weighted by Gasteiger charge is -2.04. The average molecular weight is 306 g/mol. The Hall–Kier alpha value is -2.80. The van der Waals surface area contributed by atoms with E-state index in [1.54, 1.807) is 12.1 Å². The van der Waals surface area contributed by atoms with E-state index in [9.17, 15) is 14.9 Å². The highest BCUT2D eigenvalue weighted by Gasteiger charge is 2.16. The van der Waals surface area contributed by atoms with Gasteiger partial charge in [-0.2, -0.15) is 0 Å². The summed E-state index contributed by atoms with van der Waals surface area (Å²) in [6.45, 7) is 0. The second-order valence-corrected chi connectivity index (χ2v) is 4.67. The Bertz CT molecular complexity index is 824. The Labute approximate surface area is 122 Å².